The van der Waals surface area contributed by atoms with E-state index in [0.717, 1.165) is 31.3 Å². The van der Waals surface area contributed by atoms with E-state index in [-0.39, 0.29) is 22.4 Å². The van der Waals surface area contributed by atoms with Gasteiger partial charge in [-0.25, -0.2) is 14.6 Å². The minimum Gasteiger partial charge on any atom is -0.466 e. The summed E-state index contributed by atoms with van der Waals surface area (Å²) in [7, 11) is 1.41. The highest BCUT2D eigenvalue weighted by Crippen LogP contribution is 2.68. The van der Waals surface area contributed by atoms with Crippen LogP contribution in [-0.2, 0) is 19.3 Å². The Hall–Kier alpha value is -1.13. The van der Waals surface area contributed by atoms with Crippen molar-refractivity contribution in [3.8, 4) is 0 Å². The molecule has 1 spiro atoms. The second kappa shape index (κ2) is 5.95. The number of ether oxygens (including phenoxy) is 1. The van der Waals surface area contributed by atoms with Gasteiger partial charge >= 0.3 is 5.97 Å². The van der Waals surface area contributed by atoms with Gasteiger partial charge in [0.2, 0.25) is 0 Å². The molecular formula is C21H32O4. The normalized spacial score (nSPS) is 42.2. The molecule has 0 aromatic heterocycles. The Bertz CT molecular complexity index is 619. The van der Waals surface area contributed by atoms with Crippen LogP contribution in [0.2, 0.25) is 0 Å². The highest BCUT2D eigenvalue weighted by Gasteiger charge is 2.70. The summed E-state index contributed by atoms with van der Waals surface area (Å²) >= 11 is 0. The Morgan fingerprint density at radius 1 is 1.20 bits per heavy atom. The first-order chi connectivity index (χ1) is 11.6. The lowest BCUT2D eigenvalue weighted by Crippen LogP contribution is -2.72. The van der Waals surface area contributed by atoms with Gasteiger partial charge in [-0.05, 0) is 45.6 Å². The zero-order valence-corrected chi connectivity index (χ0v) is 16.5. The van der Waals surface area contributed by atoms with Crippen molar-refractivity contribution in [2.45, 2.75) is 77.9 Å². The van der Waals surface area contributed by atoms with Crippen LogP contribution < -0.4 is 0 Å². The summed E-state index contributed by atoms with van der Waals surface area (Å²) in [6.07, 6.45) is 11.4. The largest absolute Gasteiger partial charge is 0.466 e. The van der Waals surface area contributed by atoms with Crippen molar-refractivity contribution in [3.05, 3.63) is 23.8 Å². The third-order valence-electron chi connectivity index (χ3n) is 7.21. The molecule has 4 nitrogen and oxygen atoms in total. The van der Waals surface area contributed by atoms with Gasteiger partial charge in [-0.1, -0.05) is 38.8 Å². The summed E-state index contributed by atoms with van der Waals surface area (Å²) in [5.41, 5.74) is 0.334. The quantitative estimate of drug-likeness (QED) is 0.318. The first kappa shape index (κ1) is 18.7. The minimum absolute atomic E-state index is 0.0298. The Kier molecular flexibility index (Phi) is 4.44. The van der Waals surface area contributed by atoms with Crippen LogP contribution in [0, 0.1) is 16.7 Å². The fourth-order valence-electron chi connectivity index (χ4n) is 5.71. The molecule has 140 valence electrons. The van der Waals surface area contributed by atoms with Crippen LogP contribution in [0.25, 0.3) is 0 Å². The fraction of sp³-hybridized carbons (Fsp3) is 0.762. The maximum Gasteiger partial charge on any atom is 0.330 e. The highest BCUT2D eigenvalue weighted by molar-refractivity contribution is 5.82. The molecule has 2 bridgehead atoms. The van der Waals surface area contributed by atoms with E-state index in [1.165, 1.54) is 13.5 Å². The lowest BCUT2D eigenvalue weighted by Gasteiger charge is -2.68. The summed E-state index contributed by atoms with van der Waals surface area (Å²) in [6, 6.07) is 0. The van der Waals surface area contributed by atoms with E-state index in [1.807, 2.05) is 6.92 Å². The first-order valence-corrected chi connectivity index (χ1v) is 9.43. The van der Waals surface area contributed by atoms with Crippen molar-refractivity contribution in [2.24, 2.45) is 16.7 Å². The maximum absolute atomic E-state index is 11.5. The molecule has 0 radical (unpaired) electrons. The van der Waals surface area contributed by atoms with Crippen LogP contribution in [-0.4, -0.2) is 24.3 Å². The molecule has 4 aliphatic rings. The molecule has 4 rings (SSSR count). The van der Waals surface area contributed by atoms with Crippen molar-refractivity contribution in [2.75, 3.05) is 7.11 Å². The predicted molar refractivity (Wildman–Crippen MR) is 96.7 cm³/mol. The molecule has 4 atom stereocenters. The van der Waals surface area contributed by atoms with Gasteiger partial charge in [0.25, 0.3) is 0 Å². The number of hydrogen-bond acceptors (Lipinski definition) is 4. The SMILES string of the molecule is COC(=O)/C=C(\C)CC[C@H]1[C@]2(C)CCCC(C)(C)[C@@]23C=C[C@]1(C)OO3. The number of fused-ring (bicyclic) bond motifs is 1. The molecule has 2 aliphatic heterocycles. The number of carbonyl (C=O) groups excluding carboxylic acids is 1. The van der Waals surface area contributed by atoms with Gasteiger partial charge < -0.3 is 4.74 Å². The van der Waals surface area contributed by atoms with Gasteiger partial charge in [-0.2, -0.15) is 0 Å². The summed E-state index contributed by atoms with van der Waals surface area (Å²) in [4.78, 5) is 23.6. The zero-order valence-electron chi connectivity index (χ0n) is 16.5. The number of carbonyl (C=O) groups is 1. The standard InChI is InChI=1S/C21H32O4/c1-15(14-17(22)23-6)8-9-16-19(4)11-7-10-18(2,3)21(19)13-12-20(16,5)24-25-21/h12-14,16H,7-11H2,1-6H3/b15-14+/t16-,19-,20-,21-/m0/s1. The topological polar surface area (TPSA) is 44.8 Å². The monoisotopic (exact) mass is 348 g/mol. The van der Waals surface area contributed by atoms with E-state index < -0.39 is 5.60 Å². The maximum atomic E-state index is 11.5. The minimum atomic E-state index is -0.407. The van der Waals surface area contributed by atoms with Crippen LogP contribution in [0.5, 0.6) is 0 Å². The van der Waals surface area contributed by atoms with Crippen LogP contribution in [0.15, 0.2) is 23.8 Å². The average Bonchev–Trinajstić information content (AvgIpc) is 2.53. The number of allylic oxidation sites excluding steroid dienone is 1. The van der Waals surface area contributed by atoms with Crippen LogP contribution in [0.3, 0.4) is 0 Å². The van der Waals surface area contributed by atoms with Crippen LogP contribution >= 0.6 is 0 Å². The third-order valence-corrected chi connectivity index (χ3v) is 7.21. The van der Waals surface area contributed by atoms with Crippen molar-refractivity contribution in [3.63, 3.8) is 0 Å². The van der Waals surface area contributed by atoms with Crippen molar-refractivity contribution >= 4 is 5.97 Å². The summed E-state index contributed by atoms with van der Waals surface area (Å²) in [5.74, 6) is 0.0640. The second-order valence-corrected chi connectivity index (χ2v) is 9.18. The lowest BCUT2D eigenvalue weighted by molar-refractivity contribution is -0.493. The Morgan fingerprint density at radius 2 is 1.92 bits per heavy atom. The highest BCUT2D eigenvalue weighted by atomic mass is 17.2. The van der Waals surface area contributed by atoms with E-state index >= 15 is 0 Å². The first-order valence-electron chi connectivity index (χ1n) is 9.43. The zero-order chi connectivity index (χ0) is 18.5. The fourth-order valence-corrected chi connectivity index (χ4v) is 5.71. The molecule has 0 unspecified atom stereocenters. The molecular weight excluding hydrogens is 316 g/mol. The van der Waals surface area contributed by atoms with Gasteiger partial charge in [0.1, 0.15) is 11.2 Å². The third kappa shape index (κ3) is 2.60. The van der Waals surface area contributed by atoms with Gasteiger partial charge in [0.05, 0.1) is 7.11 Å². The number of methoxy groups -OCH3 is 1. The van der Waals surface area contributed by atoms with Gasteiger partial charge in [-0.3, -0.25) is 0 Å². The number of hydrogen-bond donors (Lipinski definition) is 0. The van der Waals surface area contributed by atoms with Crippen LogP contribution in [0.4, 0.5) is 0 Å². The van der Waals surface area contributed by atoms with E-state index in [0.29, 0.717) is 5.92 Å². The van der Waals surface area contributed by atoms with Crippen molar-refractivity contribution < 1.29 is 19.3 Å². The van der Waals surface area contributed by atoms with Gasteiger partial charge in [0, 0.05) is 22.8 Å². The Morgan fingerprint density at radius 3 is 2.52 bits per heavy atom. The van der Waals surface area contributed by atoms with E-state index in [1.54, 1.807) is 6.08 Å². The lowest BCUT2D eigenvalue weighted by atomic mass is 9.44. The molecule has 1 saturated carbocycles. The summed E-state index contributed by atoms with van der Waals surface area (Å²) in [6.45, 7) is 11.1. The number of esters is 1. The van der Waals surface area contributed by atoms with Crippen molar-refractivity contribution in [1.29, 1.82) is 0 Å². The molecule has 4 heteroatoms. The van der Waals surface area contributed by atoms with E-state index in [4.69, 9.17) is 14.5 Å². The molecule has 2 aliphatic carbocycles. The smallest absolute Gasteiger partial charge is 0.330 e. The molecule has 1 saturated heterocycles. The molecule has 0 amide bonds. The predicted octanol–water partition coefficient (Wildman–Crippen LogP) is 4.75. The Labute approximate surface area is 151 Å². The number of rotatable bonds is 4. The molecule has 0 aromatic carbocycles. The molecule has 0 aromatic rings. The van der Waals surface area contributed by atoms with Crippen LogP contribution in [0.1, 0.15) is 66.7 Å². The van der Waals surface area contributed by atoms with E-state index in [9.17, 15) is 4.79 Å². The second-order valence-electron chi connectivity index (χ2n) is 9.18. The van der Waals surface area contributed by atoms with Crippen molar-refractivity contribution in [1.82, 2.24) is 0 Å². The summed E-state index contributed by atoms with van der Waals surface area (Å²) < 4.78 is 4.74. The average molecular weight is 348 g/mol. The molecule has 0 N–H and O–H groups in total. The van der Waals surface area contributed by atoms with Gasteiger partial charge in [-0.15, -0.1) is 0 Å². The Balaban J connectivity index is 1.91. The molecule has 2 fully saturated rings. The molecule has 2 heterocycles. The van der Waals surface area contributed by atoms with Gasteiger partial charge in [0.15, 0.2) is 0 Å². The van der Waals surface area contributed by atoms with E-state index in [2.05, 4.69) is 39.8 Å². The molecule has 25 heavy (non-hydrogen) atoms. The summed E-state index contributed by atoms with van der Waals surface area (Å²) in [5, 5.41) is 0.